The van der Waals surface area contributed by atoms with Crippen molar-refractivity contribution >= 4 is 28.5 Å². The number of anilines is 3. The first kappa shape index (κ1) is 16.9. The number of hydrogen-bond donors (Lipinski definition) is 3. The molecule has 6 nitrogen and oxygen atoms in total. The molecule has 2 heterocycles. The van der Waals surface area contributed by atoms with E-state index in [1.54, 1.807) is 0 Å². The zero-order valence-electron chi connectivity index (χ0n) is 14.4. The largest absolute Gasteiger partial charge is 0.350 e. The van der Waals surface area contributed by atoms with E-state index in [2.05, 4.69) is 30.8 Å². The third-order valence-electron chi connectivity index (χ3n) is 4.01. The number of aromatic amines is 1. The van der Waals surface area contributed by atoms with Crippen LogP contribution in [0.5, 0.6) is 0 Å². The smallest absolute Gasteiger partial charge is 0.225 e. The van der Waals surface area contributed by atoms with E-state index in [0.29, 0.717) is 23.1 Å². The summed E-state index contributed by atoms with van der Waals surface area (Å²) in [4.78, 5) is 8.94. The molecule has 2 aromatic heterocycles. The lowest BCUT2D eigenvalue weighted by Crippen LogP contribution is -2.07. The highest BCUT2D eigenvalue weighted by atomic mass is 19.1. The van der Waals surface area contributed by atoms with Gasteiger partial charge in [-0.1, -0.05) is 18.2 Å². The zero-order chi connectivity index (χ0) is 18.8. The van der Waals surface area contributed by atoms with Crippen molar-refractivity contribution in [3.63, 3.8) is 0 Å². The zero-order valence-corrected chi connectivity index (χ0v) is 14.4. The normalized spacial score (nSPS) is 10.9. The highest BCUT2D eigenvalue weighted by Gasteiger charge is 2.10. The standard InChI is InChI=1S/C19H16F2N6/c1-11-8-17(27-26-11)24-18-14-4-2-3-5-16(14)23-19(25-18)22-10-12-6-7-13(20)9-15(12)21/h2-9H,10H2,1H3,(H3,22,23,24,25,26,27). The van der Waals surface area contributed by atoms with E-state index >= 15 is 0 Å². The molecule has 0 atom stereocenters. The minimum atomic E-state index is -0.617. The van der Waals surface area contributed by atoms with Gasteiger partial charge in [0.2, 0.25) is 5.95 Å². The van der Waals surface area contributed by atoms with Gasteiger partial charge in [0.05, 0.1) is 5.52 Å². The Hall–Kier alpha value is -3.55. The summed E-state index contributed by atoms with van der Waals surface area (Å²) in [6.07, 6.45) is 0. The Labute approximate surface area is 153 Å². The fourth-order valence-corrected chi connectivity index (χ4v) is 2.69. The first-order chi connectivity index (χ1) is 13.1. The lowest BCUT2D eigenvalue weighted by molar-refractivity contribution is 0.574. The van der Waals surface area contributed by atoms with E-state index < -0.39 is 11.6 Å². The predicted octanol–water partition coefficient (Wildman–Crippen LogP) is 4.30. The van der Waals surface area contributed by atoms with Crippen LogP contribution < -0.4 is 10.6 Å². The second-order valence-corrected chi connectivity index (χ2v) is 6.06. The third-order valence-corrected chi connectivity index (χ3v) is 4.01. The average molecular weight is 366 g/mol. The van der Waals surface area contributed by atoms with Crippen LogP contribution in [0, 0.1) is 18.6 Å². The van der Waals surface area contributed by atoms with Gasteiger partial charge >= 0.3 is 0 Å². The number of H-pyrrole nitrogens is 1. The van der Waals surface area contributed by atoms with Gasteiger partial charge < -0.3 is 10.6 Å². The number of rotatable bonds is 5. The molecule has 8 heteroatoms. The summed E-state index contributed by atoms with van der Waals surface area (Å²) in [7, 11) is 0. The summed E-state index contributed by atoms with van der Waals surface area (Å²) in [6, 6.07) is 12.9. The molecular formula is C19H16F2N6. The molecule has 0 saturated heterocycles. The van der Waals surface area contributed by atoms with Gasteiger partial charge in [-0.25, -0.2) is 13.8 Å². The highest BCUT2D eigenvalue weighted by Crippen LogP contribution is 2.25. The van der Waals surface area contributed by atoms with Crippen molar-refractivity contribution in [2.45, 2.75) is 13.5 Å². The van der Waals surface area contributed by atoms with Crippen molar-refractivity contribution in [3.05, 3.63) is 71.4 Å². The van der Waals surface area contributed by atoms with Crippen LogP contribution in [-0.2, 0) is 6.54 Å². The van der Waals surface area contributed by atoms with Crippen molar-refractivity contribution in [2.24, 2.45) is 0 Å². The molecule has 27 heavy (non-hydrogen) atoms. The van der Waals surface area contributed by atoms with Crippen molar-refractivity contribution in [1.82, 2.24) is 20.2 Å². The number of benzene rings is 2. The average Bonchev–Trinajstić information content (AvgIpc) is 3.06. The summed E-state index contributed by atoms with van der Waals surface area (Å²) in [6.45, 7) is 2.03. The number of aromatic nitrogens is 4. The van der Waals surface area contributed by atoms with Crippen LogP contribution in [0.2, 0.25) is 0 Å². The van der Waals surface area contributed by atoms with E-state index in [0.717, 1.165) is 22.7 Å². The number of hydrogen-bond acceptors (Lipinski definition) is 5. The van der Waals surface area contributed by atoms with Gasteiger partial charge in [-0.15, -0.1) is 0 Å². The van der Waals surface area contributed by atoms with Crippen molar-refractivity contribution in [1.29, 1.82) is 0 Å². The molecular weight excluding hydrogens is 350 g/mol. The van der Waals surface area contributed by atoms with Crippen molar-refractivity contribution in [3.8, 4) is 0 Å². The Morgan fingerprint density at radius 1 is 1.04 bits per heavy atom. The monoisotopic (exact) mass is 366 g/mol. The van der Waals surface area contributed by atoms with Gasteiger partial charge in [-0.2, -0.15) is 10.1 Å². The molecule has 2 aromatic carbocycles. The summed E-state index contributed by atoms with van der Waals surface area (Å²) in [5, 5.41) is 14.0. The molecule has 0 radical (unpaired) electrons. The molecule has 0 saturated carbocycles. The van der Waals surface area contributed by atoms with E-state index in [9.17, 15) is 8.78 Å². The van der Waals surface area contributed by atoms with Gasteiger partial charge in [0.25, 0.3) is 0 Å². The minimum Gasteiger partial charge on any atom is -0.350 e. The number of para-hydroxylation sites is 1. The van der Waals surface area contributed by atoms with E-state index in [-0.39, 0.29) is 6.54 Å². The predicted molar refractivity (Wildman–Crippen MR) is 99.8 cm³/mol. The number of halogens is 2. The second-order valence-electron chi connectivity index (χ2n) is 6.06. The second kappa shape index (κ2) is 6.99. The van der Waals surface area contributed by atoms with Crippen molar-refractivity contribution < 1.29 is 8.78 Å². The van der Waals surface area contributed by atoms with E-state index in [1.807, 2.05) is 37.3 Å². The molecule has 4 aromatic rings. The van der Waals surface area contributed by atoms with Crippen LogP contribution in [0.15, 0.2) is 48.5 Å². The molecule has 0 bridgehead atoms. The Morgan fingerprint density at radius 3 is 2.67 bits per heavy atom. The Kier molecular flexibility index (Phi) is 4.37. The third kappa shape index (κ3) is 3.69. The molecule has 0 amide bonds. The molecule has 0 aliphatic heterocycles. The Morgan fingerprint density at radius 2 is 1.89 bits per heavy atom. The van der Waals surface area contributed by atoms with Crippen LogP contribution in [-0.4, -0.2) is 20.2 Å². The van der Waals surface area contributed by atoms with Crippen LogP contribution in [0.1, 0.15) is 11.3 Å². The van der Waals surface area contributed by atoms with Gasteiger partial charge in [0, 0.05) is 35.3 Å². The van der Waals surface area contributed by atoms with Crippen LogP contribution in [0.4, 0.5) is 26.4 Å². The maximum absolute atomic E-state index is 13.8. The fraction of sp³-hybridized carbons (Fsp3) is 0.105. The maximum atomic E-state index is 13.8. The number of aryl methyl sites for hydroxylation is 1. The number of fused-ring (bicyclic) bond motifs is 1. The lowest BCUT2D eigenvalue weighted by Gasteiger charge is -2.11. The van der Waals surface area contributed by atoms with Gasteiger partial charge in [0.1, 0.15) is 17.5 Å². The van der Waals surface area contributed by atoms with Gasteiger partial charge in [-0.3, -0.25) is 5.10 Å². The number of nitrogens with one attached hydrogen (secondary N) is 3. The SMILES string of the molecule is Cc1cc(Nc2nc(NCc3ccc(F)cc3F)nc3ccccc23)n[nH]1. The molecule has 136 valence electrons. The molecule has 0 aliphatic carbocycles. The van der Waals surface area contributed by atoms with Gasteiger partial charge in [0.15, 0.2) is 5.82 Å². The summed E-state index contributed by atoms with van der Waals surface area (Å²) in [5.74, 6) is 0.306. The molecule has 0 fully saturated rings. The van der Waals surface area contributed by atoms with Crippen LogP contribution in [0.3, 0.4) is 0 Å². The van der Waals surface area contributed by atoms with Gasteiger partial charge in [-0.05, 0) is 25.1 Å². The Bertz CT molecular complexity index is 1110. The number of nitrogens with zero attached hydrogens (tertiary/aromatic N) is 3. The first-order valence-corrected chi connectivity index (χ1v) is 8.32. The molecule has 0 unspecified atom stereocenters. The Balaban J connectivity index is 1.64. The molecule has 4 rings (SSSR count). The fourth-order valence-electron chi connectivity index (χ4n) is 2.69. The molecule has 0 spiro atoms. The maximum Gasteiger partial charge on any atom is 0.225 e. The highest BCUT2D eigenvalue weighted by molar-refractivity contribution is 5.91. The topological polar surface area (TPSA) is 78.5 Å². The van der Waals surface area contributed by atoms with E-state index in [4.69, 9.17) is 0 Å². The quantitative estimate of drug-likeness (QED) is 0.491. The van der Waals surface area contributed by atoms with E-state index in [1.165, 1.54) is 12.1 Å². The lowest BCUT2D eigenvalue weighted by atomic mass is 10.2. The minimum absolute atomic E-state index is 0.130. The summed E-state index contributed by atoms with van der Waals surface area (Å²) < 4.78 is 26.9. The summed E-state index contributed by atoms with van der Waals surface area (Å²) in [5.41, 5.74) is 1.97. The van der Waals surface area contributed by atoms with Crippen LogP contribution in [0.25, 0.3) is 10.9 Å². The van der Waals surface area contributed by atoms with Crippen LogP contribution >= 0.6 is 0 Å². The van der Waals surface area contributed by atoms with Crippen molar-refractivity contribution in [2.75, 3.05) is 10.6 Å². The summed E-state index contributed by atoms with van der Waals surface area (Å²) >= 11 is 0. The molecule has 0 aliphatic rings. The molecule has 3 N–H and O–H groups in total. The first-order valence-electron chi connectivity index (χ1n) is 8.32.